The maximum atomic E-state index is 13.6. The molecule has 0 saturated heterocycles. The summed E-state index contributed by atoms with van der Waals surface area (Å²) in [6.07, 6.45) is 0. The van der Waals surface area contributed by atoms with Crippen LogP contribution in [0.2, 0.25) is 0 Å². The van der Waals surface area contributed by atoms with Gasteiger partial charge in [-0.3, -0.25) is 9.59 Å². The fourth-order valence-corrected chi connectivity index (χ4v) is 4.14. The zero-order chi connectivity index (χ0) is 21.4. The molecule has 1 amide bonds. The van der Waals surface area contributed by atoms with Crippen LogP contribution in [-0.4, -0.2) is 16.5 Å². The maximum absolute atomic E-state index is 13.6. The van der Waals surface area contributed by atoms with Crippen molar-refractivity contribution in [3.8, 4) is 0 Å². The summed E-state index contributed by atoms with van der Waals surface area (Å²) in [5, 5.41) is 1.26. The van der Waals surface area contributed by atoms with Gasteiger partial charge < -0.3 is 9.47 Å². The standard InChI is InChI=1S/C26H26N2O2/c1-17(2)28(24-15-18(3)13-14-19(24)4)25(29)16-27-22-11-7-5-9-20(22)26(30)21-10-6-8-12-23(21)27/h5-15,17H,16H2,1-4H3. The van der Waals surface area contributed by atoms with Crippen LogP contribution in [0.25, 0.3) is 21.8 Å². The van der Waals surface area contributed by atoms with E-state index in [1.807, 2.05) is 85.7 Å². The van der Waals surface area contributed by atoms with Crippen LogP contribution in [0.3, 0.4) is 0 Å². The molecule has 4 nitrogen and oxygen atoms in total. The summed E-state index contributed by atoms with van der Waals surface area (Å²) in [5.41, 5.74) is 4.67. The molecule has 0 spiro atoms. The lowest BCUT2D eigenvalue weighted by Gasteiger charge is -2.29. The second-order valence-electron chi connectivity index (χ2n) is 8.10. The molecule has 0 fully saturated rings. The highest BCUT2D eigenvalue weighted by atomic mass is 16.2. The SMILES string of the molecule is Cc1ccc(C)c(N(C(=O)Cn2c3ccccc3c(=O)c3ccccc32)C(C)C)c1. The molecule has 0 aliphatic carbocycles. The summed E-state index contributed by atoms with van der Waals surface area (Å²) in [5.74, 6) is -0.00217. The van der Waals surface area contributed by atoms with Crippen LogP contribution in [0.1, 0.15) is 25.0 Å². The first-order valence-corrected chi connectivity index (χ1v) is 10.3. The van der Waals surface area contributed by atoms with Gasteiger partial charge in [0.05, 0.1) is 11.0 Å². The summed E-state index contributed by atoms with van der Waals surface area (Å²) < 4.78 is 1.97. The first-order chi connectivity index (χ1) is 14.4. The third-order valence-corrected chi connectivity index (χ3v) is 5.58. The first-order valence-electron chi connectivity index (χ1n) is 10.3. The Balaban J connectivity index is 1.88. The number of pyridine rings is 1. The van der Waals surface area contributed by atoms with Crippen molar-refractivity contribution in [1.29, 1.82) is 0 Å². The predicted molar refractivity (Wildman–Crippen MR) is 124 cm³/mol. The molecule has 0 aliphatic rings. The molecule has 4 heteroatoms. The molecule has 30 heavy (non-hydrogen) atoms. The van der Waals surface area contributed by atoms with Crippen molar-refractivity contribution in [2.75, 3.05) is 4.90 Å². The number of anilines is 1. The first kappa shape index (κ1) is 19.9. The molecule has 0 atom stereocenters. The van der Waals surface area contributed by atoms with Gasteiger partial charge in [0.25, 0.3) is 0 Å². The summed E-state index contributed by atoms with van der Waals surface area (Å²) in [4.78, 5) is 28.4. The molecule has 1 heterocycles. The van der Waals surface area contributed by atoms with Crippen LogP contribution in [0.5, 0.6) is 0 Å². The van der Waals surface area contributed by atoms with E-state index in [4.69, 9.17) is 0 Å². The molecular weight excluding hydrogens is 372 g/mol. The van der Waals surface area contributed by atoms with Gasteiger partial charge >= 0.3 is 0 Å². The molecule has 0 bridgehead atoms. The van der Waals surface area contributed by atoms with Crippen LogP contribution in [0.15, 0.2) is 71.5 Å². The highest BCUT2D eigenvalue weighted by molar-refractivity contribution is 5.98. The number of hydrogen-bond acceptors (Lipinski definition) is 2. The summed E-state index contributed by atoms with van der Waals surface area (Å²) >= 11 is 0. The summed E-state index contributed by atoms with van der Waals surface area (Å²) in [6.45, 7) is 8.28. The zero-order valence-electron chi connectivity index (χ0n) is 17.8. The van der Waals surface area contributed by atoms with Crippen LogP contribution in [-0.2, 0) is 11.3 Å². The number of carbonyl (C=O) groups excluding carboxylic acids is 1. The summed E-state index contributed by atoms with van der Waals surface area (Å²) in [7, 11) is 0. The number of aromatic nitrogens is 1. The number of para-hydroxylation sites is 2. The van der Waals surface area contributed by atoms with Crippen molar-refractivity contribution in [2.45, 2.75) is 40.3 Å². The Morgan fingerprint density at radius 2 is 1.47 bits per heavy atom. The van der Waals surface area contributed by atoms with Crippen LogP contribution in [0, 0.1) is 13.8 Å². The van der Waals surface area contributed by atoms with E-state index in [2.05, 4.69) is 18.2 Å². The lowest BCUT2D eigenvalue weighted by atomic mass is 10.1. The van der Waals surface area contributed by atoms with Crippen molar-refractivity contribution < 1.29 is 4.79 Å². The average molecular weight is 399 g/mol. The summed E-state index contributed by atoms with van der Waals surface area (Å²) in [6, 6.07) is 21.2. The molecule has 4 rings (SSSR count). The number of hydrogen-bond donors (Lipinski definition) is 0. The normalized spacial score (nSPS) is 11.4. The van der Waals surface area contributed by atoms with E-state index in [0.717, 1.165) is 27.8 Å². The second-order valence-corrected chi connectivity index (χ2v) is 8.10. The third kappa shape index (κ3) is 3.39. The lowest BCUT2D eigenvalue weighted by Crippen LogP contribution is -2.40. The minimum absolute atomic E-state index is 0.000133. The number of benzene rings is 3. The van der Waals surface area contributed by atoms with Crippen molar-refractivity contribution in [2.24, 2.45) is 0 Å². The highest BCUT2D eigenvalue weighted by Gasteiger charge is 2.22. The maximum Gasteiger partial charge on any atom is 0.247 e. The van der Waals surface area contributed by atoms with Crippen LogP contribution >= 0.6 is 0 Å². The van der Waals surface area contributed by atoms with Gasteiger partial charge in [0.15, 0.2) is 5.43 Å². The van der Waals surface area contributed by atoms with Crippen molar-refractivity contribution in [1.82, 2.24) is 4.57 Å². The van der Waals surface area contributed by atoms with Gasteiger partial charge in [-0.25, -0.2) is 0 Å². The Bertz CT molecular complexity index is 1260. The Kier molecular flexibility index (Phi) is 5.17. The Labute approximate surface area is 176 Å². The number of rotatable bonds is 4. The van der Waals surface area contributed by atoms with Crippen LogP contribution in [0.4, 0.5) is 5.69 Å². The van der Waals surface area contributed by atoms with E-state index in [0.29, 0.717) is 10.8 Å². The topological polar surface area (TPSA) is 42.3 Å². The third-order valence-electron chi connectivity index (χ3n) is 5.58. The van der Waals surface area contributed by atoms with Crippen molar-refractivity contribution >= 4 is 33.4 Å². The minimum atomic E-state index is -0.00217. The monoisotopic (exact) mass is 398 g/mol. The number of aryl methyl sites for hydroxylation is 2. The van der Waals surface area contributed by atoms with E-state index in [1.165, 1.54) is 0 Å². The van der Waals surface area contributed by atoms with E-state index in [1.54, 1.807) is 0 Å². The van der Waals surface area contributed by atoms with E-state index in [-0.39, 0.29) is 23.9 Å². The van der Waals surface area contributed by atoms with Gasteiger partial charge in [0.1, 0.15) is 6.54 Å². The molecule has 0 unspecified atom stereocenters. The fraction of sp³-hybridized carbons (Fsp3) is 0.231. The molecular formula is C26H26N2O2. The molecule has 0 N–H and O–H groups in total. The second kappa shape index (κ2) is 7.79. The van der Waals surface area contributed by atoms with Gasteiger partial charge in [-0.05, 0) is 69.2 Å². The number of carbonyl (C=O) groups is 1. The van der Waals surface area contributed by atoms with Crippen LogP contribution < -0.4 is 10.3 Å². The average Bonchev–Trinajstić information content (AvgIpc) is 2.73. The largest absolute Gasteiger partial charge is 0.331 e. The number of fused-ring (bicyclic) bond motifs is 2. The van der Waals surface area contributed by atoms with Gasteiger partial charge in [-0.15, -0.1) is 0 Å². The lowest BCUT2D eigenvalue weighted by molar-refractivity contribution is -0.119. The Morgan fingerprint density at radius 3 is 2.03 bits per heavy atom. The van der Waals surface area contributed by atoms with Gasteiger partial charge in [0.2, 0.25) is 5.91 Å². The molecule has 0 aliphatic heterocycles. The predicted octanol–water partition coefficient (Wildman–Crippen LogP) is 5.21. The van der Waals surface area contributed by atoms with E-state index < -0.39 is 0 Å². The van der Waals surface area contributed by atoms with Gasteiger partial charge in [-0.2, -0.15) is 0 Å². The minimum Gasteiger partial charge on any atom is -0.331 e. The molecule has 0 radical (unpaired) electrons. The molecule has 4 aromatic rings. The van der Waals surface area contributed by atoms with Crippen molar-refractivity contribution in [3.05, 3.63) is 88.1 Å². The molecule has 152 valence electrons. The van der Waals surface area contributed by atoms with Gasteiger partial charge in [0, 0.05) is 22.5 Å². The molecule has 3 aromatic carbocycles. The Hall–Kier alpha value is -3.40. The molecule has 1 aromatic heterocycles. The quantitative estimate of drug-likeness (QED) is 0.443. The Morgan fingerprint density at radius 1 is 0.900 bits per heavy atom. The zero-order valence-corrected chi connectivity index (χ0v) is 17.8. The highest BCUT2D eigenvalue weighted by Crippen LogP contribution is 2.25. The smallest absolute Gasteiger partial charge is 0.247 e. The number of nitrogens with zero attached hydrogens (tertiary/aromatic N) is 2. The van der Waals surface area contributed by atoms with E-state index >= 15 is 0 Å². The fourth-order valence-electron chi connectivity index (χ4n) is 4.14. The van der Waals surface area contributed by atoms with Crippen molar-refractivity contribution in [3.63, 3.8) is 0 Å². The number of amides is 1. The molecule has 0 saturated carbocycles. The van der Waals surface area contributed by atoms with Gasteiger partial charge in [-0.1, -0.05) is 36.4 Å². The van der Waals surface area contributed by atoms with E-state index in [9.17, 15) is 9.59 Å².